The summed E-state index contributed by atoms with van der Waals surface area (Å²) >= 11 is 7.13. The molecule has 7 nitrogen and oxygen atoms in total. The first-order valence-electron chi connectivity index (χ1n) is 10.0. The number of aromatic nitrogens is 4. The van der Waals surface area contributed by atoms with Crippen LogP contribution in [-0.2, 0) is 4.79 Å². The molecule has 0 aliphatic carbocycles. The third kappa shape index (κ3) is 5.32. The van der Waals surface area contributed by atoms with Crippen molar-refractivity contribution >= 4 is 35.0 Å². The molecule has 0 bridgehead atoms. The van der Waals surface area contributed by atoms with Gasteiger partial charge in [0.1, 0.15) is 11.6 Å². The number of thioether (sulfide) groups is 1. The van der Waals surface area contributed by atoms with Crippen LogP contribution in [0.3, 0.4) is 0 Å². The second-order valence-electron chi connectivity index (χ2n) is 6.73. The number of amides is 1. The van der Waals surface area contributed by atoms with E-state index in [1.54, 1.807) is 34.9 Å². The number of pyridine rings is 1. The summed E-state index contributed by atoms with van der Waals surface area (Å²) in [4.78, 5) is 16.4. The van der Waals surface area contributed by atoms with Gasteiger partial charge in [0.2, 0.25) is 5.91 Å². The van der Waals surface area contributed by atoms with Gasteiger partial charge in [0, 0.05) is 11.8 Å². The SMILES string of the molecule is CCOc1ccc(-c2nnc(SCC(=O)Nc3cccnc3Cl)n2-c2ccccc2F)cc1. The molecule has 4 aromatic rings. The second kappa shape index (κ2) is 10.5. The van der Waals surface area contributed by atoms with E-state index >= 15 is 0 Å². The molecule has 0 aliphatic rings. The lowest BCUT2D eigenvalue weighted by molar-refractivity contribution is -0.113. The number of hydrogen-bond acceptors (Lipinski definition) is 6. The van der Waals surface area contributed by atoms with Crippen LogP contribution in [0, 0.1) is 5.82 Å². The maximum Gasteiger partial charge on any atom is 0.234 e. The average molecular weight is 484 g/mol. The van der Waals surface area contributed by atoms with Gasteiger partial charge in [-0.25, -0.2) is 9.37 Å². The monoisotopic (exact) mass is 483 g/mol. The van der Waals surface area contributed by atoms with Gasteiger partial charge in [0.25, 0.3) is 0 Å². The first-order chi connectivity index (χ1) is 16.1. The molecular weight excluding hydrogens is 465 g/mol. The number of ether oxygens (including phenoxy) is 1. The van der Waals surface area contributed by atoms with E-state index in [-0.39, 0.29) is 22.5 Å². The summed E-state index contributed by atoms with van der Waals surface area (Å²) in [6.07, 6.45) is 1.53. The summed E-state index contributed by atoms with van der Waals surface area (Å²) in [5, 5.41) is 11.8. The smallest absolute Gasteiger partial charge is 0.234 e. The maximum atomic E-state index is 14.7. The highest BCUT2D eigenvalue weighted by molar-refractivity contribution is 7.99. The van der Waals surface area contributed by atoms with Gasteiger partial charge in [0.05, 0.1) is 23.7 Å². The Kier molecular flexibility index (Phi) is 7.21. The van der Waals surface area contributed by atoms with Crippen LogP contribution < -0.4 is 10.1 Å². The minimum atomic E-state index is -0.432. The summed E-state index contributed by atoms with van der Waals surface area (Å²) < 4.78 is 21.8. The van der Waals surface area contributed by atoms with Gasteiger partial charge in [-0.15, -0.1) is 10.2 Å². The van der Waals surface area contributed by atoms with E-state index in [0.717, 1.165) is 23.1 Å². The highest BCUT2D eigenvalue weighted by Gasteiger charge is 2.20. The number of hydrogen-bond donors (Lipinski definition) is 1. The molecule has 0 aliphatic heterocycles. The van der Waals surface area contributed by atoms with Crippen LogP contribution in [0.5, 0.6) is 5.75 Å². The average Bonchev–Trinajstić information content (AvgIpc) is 3.24. The molecule has 1 N–H and O–H groups in total. The molecule has 0 atom stereocenters. The zero-order valence-electron chi connectivity index (χ0n) is 17.5. The molecule has 0 radical (unpaired) electrons. The Morgan fingerprint density at radius 1 is 1.12 bits per heavy atom. The minimum absolute atomic E-state index is 0.0150. The third-order valence-electron chi connectivity index (χ3n) is 4.52. The highest BCUT2D eigenvalue weighted by Crippen LogP contribution is 2.30. The van der Waals surface area contributed by atoms with E-state index in [1.165, 1.54) is 12.3 Å². The van der Waals surface area contributed by atoms with Crippen LogP contribution in [0.1, 0.15) is 6.92 Å². The Bertz CT molecular complexity index is 1270. The van der Waals surface area contributed by atoms with Crippen LogP contribution in [-0.4, -0.2) is 38.0 Å². The summed E-state index contributed by atoms with van der Waals surface area (Å²) in [5.74, 6) is 0.444. The van der Waals surface area contributed by atoms with Crippen molar-refractivity contribution in [3.8, 4) is 22.8 Å². The van der Waals surface area contributed by atoms with E-state index in [2.05, 4.69) is 20.5 Å². The molecule has 0 saturated carbocycles. The number of rotatable bonds is 8. The number of carbonyl (C=O) groups is 1. The molecule has 168 valence electrons. The van der Waals surface area contributed by atoms with Crippen molar-refractivity contribution in [3.05, 3.63) is 77.8 Å². The molecule has 0 spiro atoms. The summed E-state index contributed by atoms with van der Waals surface area (Å²) in [6.45, 7) is 2.46. The Balaban J connectivity index is 1.62. The van der Waals surface area contributed by atoms with Crippen molar-refractivity contribution in [2.45, 2.75) is 12.1 Å². The fourth-order valence-electron chi connectivity index (χ4n) is 3.06. The molecule has 4 rings (SSSR count). The van der Waals surface area contributed by atoms with Crippen molar-refractivity contribution in [2.75, 3.05) is 17.7 Å². The Morgan fingerprint density at radius 3 is 2.64 bits per heavy atom. The number of nitrogens with one attached hydrogen (secondary N) is 1. The van der Waals surface area contributed by atoms with Crippen molar-refractivity contribution in [3.63, 3.8) is 0 Å². The Labute approximate surface area is 199 Å². The van der Waals surface area contributed by atoms with Crippen LogP contribution in [0.2, 0.25) is 5.15 Å². The molecule has 2 heterocycles. The van der Waals surface area contributed by atoms with Gasteiger partial charge in [-0.1, -0.05) is 35.5 Å². The number of halogens is 2. The van der Waals surface area contributed by atoms with Gasteiger partial charge < -0.3 is 10.1 Å². The van der Waals surface area contributed by atoms with Crippen molar-refractivity contribution in [1.29, 1.82) is 0 Å². The fraction of sp³-hybridized carbons (Fsp3) is 0.130. The Morgan fingerprint density at radius 2 is 1.91 bits per heavy atom. The van der Waals surface area contributed by atoms with Crippen molar-refractivity contribution in [2.24, 2.45) is 0 Å². The van der Waals surface area contributed by atoms with Gasteiger partial charge in [-0.3, -0.25) is 9.36 Å². The lowest BCUT2D eigenvalue weighted by atomic mass is 10.2. The first kappa shape index (κ1) is 22.8. The summed E-state index contributed by atoms with van der Waals surface area (Å²) in [6, 6.07) is 17.0. The predicted octanol–water partition coefficient (Wildman–Crippen LogP) is 5.25. The number of benzene rings is 2. The van der Waals surface area contributed by atoms with E-state index in [1.807, 2.05) is 31.2 Å². The molecule has 0 fully saturated rings. The van der Waals surface area contributed by atoms with Crippen LogP contribution in [0.25, 0.3) is 17.1 Å². The third-order valence-corrected chi connectivity index (χ3v) is 5.75. The number of nitrogens with zero attached hydrogens (tertiary/aromatic N) is 4. The summed E-state index contributed by atoms with van der Waals surface area (Å²) in [7, 11) is 0. The largest absolute Gasteiger partial charge is 0.494 e. The van der Waals surface area contributed by atoms with Crippen LogP contribution in [0.4, 0.5) is 10.1 Å². The number of para-hydroxylation sites is 1. The lowest BCUT2D eigenvalue weighted by Gasteiger charge is -2.12. The predicted molar refractivity (Wildman–Crippen MR) is 127 cm³/mol. The molecule has 1 amide bonds. The van der Waals surface area contributed by atoms with Crippen LogP contribution in [0.15, 0.2) is 72.0 Å². The molecule has 2 aromatic carbocycles. The number of anilines is 1. The number of carbonyl (C=O) groups excluding carboxylic acids is 1. The lowest BCUT2D eigenvalue weighted by Crippen LogP contribution is -2.15. The standard InChI is InChI=1S/C23H19ClFN5O2S/c1-2-32-16-11-9-15(10-12-16)22-28-29-23(30(22)19-8-4-3-6-17(19)25)33-14-20(31)27-18-7-5-13-26-21(18)24/h3-13H,2,14H2,1H3,(H,27,31). The molecular formula is C23H19ClFN5O2S. The minimum Gasteiger partial charge on any atom is -0.494 e. The van der Waals surface area contributed by atoms with Gasteiger partial charge >= 0.3 is 0 Å². The Hall–Kier alpha value is -3.43. The zero-order valence-corrected chi connectivity index (χ0v) is 19.1. The molecule has 0 saturated heterocycles. The highest BCUT2D eigenvalue weighted by atomic mass is 35.5. The quantitative estimate of drug-likeness (QED) is 0.272. The second-order valence-corrected chi connectivity index (χ2v) is 8.03. The van der Waals surface area contributed by atoms with Crippen molar-refractivity contribution < 1.29 is 13.9 Å². The van der Waals surface area contributed by atoms with Crippen molar-refractivity contribution in [1.82, 2.24) is 19.7 Å². The zero-order chi connectivity index (χ0) is 23.2. The van der Waals surface area contributed by atoms with Gasteiger partial charge in [0.15, 0.2) is 16.1 Å². The molecule has 0 unspecified atom stereocenters. The first-order valence-corrected chi connectivity index (χ1v) is 11.4. The van der Waals surface area contributed by atoms with Gasteiger partial charge in [-0.05, 0) is 55.5 Å². The van der Waals surface area contributed by atoms with E-state index in [9.17, 15) is 9.18 Å². The summed E-state index contributed by atoms with van der Waals surface area (Å²) in [5.41, 5.74) is 1.42. The fourth-order valence-corrected chi connectivity index (χ4v) is 3.97. The van der Waals surface area contributed by atoms with Crippen LogP contribution >= 0.6 is 23.4 Å². The van der Waals surface area contributed by atoms with E-state index in [4.69, 9.17) is 16.3 Å². The van der Waals surface area contributed by atoms with E-state index < -0.39 is 5.82 Å². The molecule has 10 heteroatoms. The molecule has 2 aromatic heterocycles. The van der Waals surface area contributed by atoms with Gasteiger partial charge in [-0.2, -0.15) is 0 Å². The normalized spacial score (nSPS) is 10.8. The van der Waals surface area contributed by atoms with E-state index in [0.29, 0.717) is 23.3 Å². The molecule has 33 heavy (non-hydrogen) atoms. The maximum absolute atomic E-state index is 14.7. The topological polar surface area (TPSA) is 81.9 Å².